The number of hydrogen-bond donors (Lipinski definition) is 1. The van der Waals surface area contributed by atoms with Crippen LogP contribution in [-0.4, -0.2) is 40.2 Å². The third-order valence-electron chi connectivity index (χ3n) is 8.44. The van der Waals surface area contributed by atoms with E-state index in [0.29, 0.717) is 34.2 Å². The first-order valence-electron chi connectivity index (χ1n) is 14.5. The Morgan fingerprint density at radius 1 is 0.927 bits per heavy atom. The Balaban J connectivity index is 1.27. The van der Waals surface area contributed by atoms with E-state index in [0.717, 1.165) is 76.7 Å². The highest BCUT2D eigenvalue weighted by molar-refractivity contribution is 5.93. The van der Waals surface area contributed by atoms with E-state index in [1.54, 1.807) is 16.8 Å². The van der Waals surface area contributed by atoms with Gasteiger partial charge in [-0.05, 0) is 67.5 Å². The normalized spacial score (nSPS) is 17.0. The second kappa shape index (κ2) is 11.6. The Bertz CT molecular complexity index is 1560. The van der Waals surface area contributed by atoms with Gasteiger partial charge in [0.25, 0.3) is 5.56 Å². The van der Waals surface area contributed by atoms with Crippen molar-refractivity contribution >= 4 is 17.0 Å². The van der Waals surface area contributed by atoms with Gasteiger partial charge in [-0.1, -0.05) is 55.3 Å². The van der Waals surface area contributed by atoms with Gasteiger partial charge in [-0.15, -0.1) is 0 Å². The number of fused-ring (bicyclic) bond motifs is 1. The lowest BCUT2D eigenvalue weighted by Gasteiger charge is -2.32. The number of alkyl halides is 3. The van der Waals surface area contributed by atoms with Gasteiger partial charge in [0.05, 0.1) is 5.56 Å². The van der Waals surface area contributed by atoms with E-state index >= 15 is 0 Å². The topological polar surface area (TPSA) is 63.1 Å². The highest BCUT2D eigenvalue weighted by atomic mass is 19.4. The average molecular weight is 562 g/mol. The summed E-state index contributed by atoms with van der Waals surface area (Å²) in [7, 11) is 0. The number of pyridine rings is 1. The summed E-state index contributed by atoms with van der Waals surface area (Å²) in [4.78, 5) is 25.2. The molecule has 0 unspecified atom stereocenters. The standard InChI is InChI=1S/C32H34F3N5O/c33-32(34,35)24-10-6-9-23(19-24)27-20-29(41)40(26-11-4-5-12-26)30-28(27)21-37-31(38-30)39-17-14-25(15-18-39)36-16-13-22-7-2-1-3-8-22/h1-3,6-10,19-21,25-26,36H,4-5,11-18H2. The zero-order chi connectivity index (χ0) is 28.4. The van der Waals surface area contributed by atoms with Crippen LogP contribution in [0.25, 0.3) is 22.2 Å². The summed E-state index contributed by atoms with van der Waals surface area (Å²) in [6.07, 6.45) is 3.95. The summed E-state index contributed by atoms with van der Waals surface area (Å²) < 4.78 is 42.2. The van der Waals surface area contributed by atoms with Crippen molar-refractivity contribution in [3.05, 3.63) is 88.3 Å². The van der Waals surface area contributed by atoms with Crippen molar-refractivity contribution in [1.29, 1.82) is 0 Å². The van der Waals surface area contributed by atoms with Gasteiger partial charge in [0, 0.05) is 42.8 Å². The second-order valence-electron chi connectivity index (χ2n) is 11.1. The van der Waals surface area contributed by atoms with E-state index < -0.39 is 11.7 Å². The second-order valence-corrected chi connectivity index (χ2v) is 11.1. The molecule has 6 rings (SSSR count). The SMILES string of the molecule is O=c1cc(-c2cccc(C(F)(F)F)c2)c2cnc(N3CCC(NCCc4ccccc4)CC3)nc2n1C1CCCC1. The fourth-order valence-corrected chi connectivity index (χ4v) is 6.23. The first kappa shape index (κ1) is 27.4. The zero-order valence-corrected chi connectivity index (χ0v) is 22.9. The fourth-order valence-electron chi connectivity index (χ4n) is 6.23. The van der Waals surface area contributed by atoms with Crippen molar-refractivity contribution < 1.29 is 13.2 Å². The lowest BCUT2D eigenvalue weighted by atomic mass is 10.0. The Kier molecular flexibility index (Phi) is 7.79. The van der Waals surface area contributed by atoms with Crippen molar-refractivity contribution in [2.24, 2.45) is 0 Å². The van der Waals surface area contributed by atoms with Crippen LogP contribution in [0.3, 0.4) is 0 Å². The van der Waals surface area contributed by atoms with E-state index in [4.69, 9.17) is 4.98 Å². The van der Waals surface area contributed by atoms with Crippen LogP contribution in [0.1, 0.15) is 55.7 Å². The molecule has 4 aromatic rings. The summed E-state index contributed by atoms with van der Waals surface area (Å²) in [5.41, 5.74) is 1.60. The molecule has 0 radical (unpaired) electrons. The van der Waals surface area contributed by atoms with Crippen LogP contribution in [0.4, 0.5) is 19.1 Å². The first-order valence-corrected chi connectivity index (χ1v) is 14.5. The number of anilines is 1. The first-order chi connectivity index (χ1) is 19.9. The van der Waals surface area contributed by atoms with Gasteiger partial charge in [0.2, 0.25) is 5.95 Å². The Morgan fingerprint density at radius 2 is 1.68 bits per heavy atom. The summed E-state index contributed by atoms with van der Waals surface area (Å²) >= 11 is 0. The predicted molar refractivity (Wildman–Crippen MR) is 155 cm³/mol. The van der Waals surface area contributed by atoms with Crippen LogP contribution in [0, 0.1) is 0 Å². The molecule has 2 aromatic carbocycles. The number of piperidine rings is 1. The van der Waals surface area contributed by atoms with Crippen LogP contribution in [0.2, 0.25) is 0 Å². The Hall–Kier alpha value is -3.72. The molecule has 214 valence electrons. The molecule has 2 aromatic heterocycles. The Labute approximate surface area is 237 Å². The van der Waals surface area contributed by atoms with Crippen molar-refractivity contribution in [2.75, 3.05) is 24.5 Å². The molecule has 41 heavy (non-hydrogen) atoms. The number of aromatic nitrogens is 3. The zero-order valence-electron chi connectivity index (χ0n) is 22.9. The van der Waals surface area contributed by atoms with Gasteiger partial charge in [0.1, 0.15) is 5.65 Å². The lowest BCUT2D eigenvalue weighted by Crippen LogP contribution is -2.43. The molecule has 1 saturated heterocycles. The molecule has 1 aliphatic heterocycles. The van der Waals surface area contributed by atoms with Crippen molar-refractivity contribution in [3.8, 4) is 11.1 Å². The lowest BCUT2D eigenvalue weighted by molar-refractivity contribution is -0.137. The molecular weight excluding hydrogens is 527 g/mol. The van der Waals surface area contributed by atoms with E-state index in [2.05, 4.69) is 39.5 Å². The highest BCUT2D eigenvalue weighted by Crippen LogP contribution is 2.36. The summed E-state index contributed by atoms with van der Waals surface area (Å²) in [6, 6.07) is 17.5. The number of nitrogens with one attached hydrogen (secondary N) is 1. The number of rotatable bonds is 7. The van der Waals surface area contributed by atoms with Crippen molar-refractivity contribution in [1.82, 2.24) is 19.9 Å². The number of benzene rings is 2. The largest absolute Gasteiger partial charge is 0.416 e. The maximum absolute atomic E-state index is 13.5. The third kappa shape index (κ3) is 6.00. The summed E-state index contributed by atoms with van der Waals surface area (Å²) in [6.45, 7) is 2.50. The van der Waals surface area contributed by atoms with Crippen LogP contribution in [0.15, 0.2) is 71.7 Å². The summed E-state index contributed by atoms with van der Waals surface area (Å²) in [5, 5.41) is 4.27. The third-order valence-corrected chi connectivity index (χ3v) is 8.44. The van der Waals surface area contributed by atoms with E-state index in [1.165, 1.54) is 17.7 Å². The van der Waals surface area contributed by atoms with Crippen molar-refractivity contribution in [3.63, 3.8) is 0 Å². The van der Waals surface area contributed by atoms with Gasteiger partial charge >= 0.3 is 6.18 Å². The van der Waals surface area contributed by atoms with Gasteiger partial charge in [-0.25, -0.2) is 4.98 Å². The molecule has 0 spiro atoms. The molecule has 1 aliphatic carbocycles. The predicted octanol–water partition coefficient (Wildman–Crippen LogP) is 6.39. The maximum Gasteiger partial charge on any atom is 0.416 e. The van der Waals surface area contributed by atoms with Crippen LogP contribution >= 0.6 is 0 Å². The molecule has 1 saturated carbocycles. The molecule has 9 heteroatoms. The molecule has 6 nitrogen and oxygen atoms in total. The average Bonchev–Trinajstić information content (AvgIpc) is 3.51. The molecule has 2 aliphatic rings. The molecule has 0 bridgehead atoms. The van der Waals surface area contributed by atoms with E-state index in [-0.39, 0.29) is 11.6 Å². The highest BCUT2D eigenvalue weighted by Gasteiger charge is 2.31. The van der Waals surface area contributed by atoms with Gasteiger partial charge in [-0.3, -0.25) is 9.36 Å². The van der Waals surface area contributed by atoms with Crippen LogP contribution < -0.4 is 15.8 Å². The molecule has 1 N–H and O–H groups in total. The minimum absolute atomic E-state index is 0.0304. The van der Waals surface area contributed by atoms with Crippen molar-refractivity contribution in [2.45, 2.75) is 63.2 Å². The fraction of sp³-hybridized carbons (Fsp3) is 0.406. The van der Waals surface area contributed by atoms with Gasteiger partial charge in [-0.2, -0.15) is 18.2 Å². The van der Waals surface area contributed by atoms with E-state index in [9.17, 15) is 18.0 Å². The smallest absolute Gasteiger partial charge is 0.341 e. The molecular formula is C32H34F3N5O. The Morgan fingerprint density at radius 3 is 2.41 bits per heavy atom. The molecule has 0 amide bonds. The number of halogens is 3. The van der Waals surface area contributed by atoms with Gasteiger partial charge in [0.15, 0.2) is 0 Å². The van der Waals surface area contributed by atoms with Crippen LogP contribution in [0.5, 0.6) is 0 Å². The monoisotopic (exact) mass is 561 g/mol. The minimum Gasteiger partial charge on any atom is -0.341 e. The minimum atomic E-state index is -4.48. The summed E-state index contributed by atoms with van der Waals surface area (Å²) in [5.74, 6) is 0.563. The number of hydrogen-bond acceptors (Lipinski definition) is 5. The molecule has 3 heterocycles. The maximum atomic E-state index is 13.5. The number of nitrogens with zero attached hydrogens (tertiary/aromatic N) is 4. The quantitative estimate of drug-likeness (QED) is 0.283. The van der Waals surface area contributed by atoms with Gasteiger partial charge < -0.3 is 10.2 Å². The van der Waals surface area contributed by atoms with E-state index in [1.807, 2.05) is 6.07 Å². The molecule has 2 fully saturated rings. The van der Waals surface area contributed by atoms with Crippen LogP contribution in [-0.2, 0) is 12.6 Å². The molecule has 0 atom stereocenters.